The first kappa shape index (κ1) is 22.3. The minimum atomic E-state index is -4.89. The third-order valence-corrected chi connectivity index (χ3v) is 6.30. The molecule has 1 fully saturated rings. The van der Waals surface area contributed by atoms with Gasteiger partial charge in [-0.1, -0.05) is 6.07 Å². The van der Waals surface area contributed by atoms with E-state index in [1.807, 2.05) is 0 Å². The largest absolute Gasteiger partial charge is 0.573 e. The molecule has 0 bridgehead atoms. The van der Waals surface area contributed by atoms with Crippen LogP contribution < -0.4 is 14.2 Å². The fraction of sp³-hybridized carbons (Fsp3) is 0.368. The number of ether oxygens (including phenoxy) is 3. The summed E-state index contributed by atoms with van der Waals surface area (Å²) in [7, 11) is -2.83. The molecule has 30 heavy (non-hydrogen) atoms. The molecular formula is C19H19F4NO5S. The number of alkyl halides is 3. The van der Waals surface area contributed by atoms with Gasteiger partial charge in [-0.05, 0) is 54.8 Å². The van der Waals surface area contributed by atoms with Gasteiger partial charge in [0.1, 0.15) is 5.75 Å². The summed E-state index contributed by atoms with van der Waals surface area (Å²) in [6, 6.07) is 8.00. The molecule has 0 aromatic heterocycles. The van der Waals surface area contributed by atoms with Crippen molar-refractivity contribution in [1.29, 1.82) is 0 Å². The number of nitrogens with one attached hydrogen (secondary N) is 1. The second-order valence-corrected chi connectivity index (χ2v) is 8.35. The molecule has 3 rings (SSSR count). The first-order valence-electron chi connectivity index (χ1n) is 8.86. The van der Waals surface area contributed by atoms with E-state index in [-0.39, 0.29) is 36.7 Å². The quantitative estimate of drug-likeness (QED) is 0.681. The maximum Gasteiger partial charge on any atom is 0.573 e. The lowest BCUT2D eigenvalue weighted by Gasteiger charge is -2.38. The van der Waals surface area contributed by atoms with E-state index in [9.17, 15) is 26.0 Å². The van der Waals surface area contributed by atoms with Crippen molar-refractivity contribution in [3.63, 3.8) is 0 Å². The molecular weight excluding hydrogens is 430 g/mol. The lowest BCUT2D eigenvalue weighted by molar-refractivity contribution is -0.274. The van der Waals surface area contributed by atoms with Crippen molar-refractivity contribution >= 4 is 10.0 Å². The highest BCUT2D eigenvalue weighted by molar-refractivity contribution is 7.89. The van der Waals surface area contributed by atoms with Crippen LogP contribution in [-0.4, -0.2) is 35.1 Å². The summed E-state index contributed by atoms with van der Waals surface area (Å²) in [6.07, 6.45) is -4.40. The van der Waals surface area contributed by atoms with Gasteiger partial charge in [0, 0.05) is 13.2 Å². The van der Waals surface area contributed by atoms with Crippen LogP contribution in [0.25, 0.3) is 0 Å². The van der Waals surface area contributed by atoms with E-state index in [1.54, 1.807) is 6.07 Å². The molecule has 1 saturated heterocycles. The van der Waals surface area contributed by atoms with E-state index >= 15 is 0 Å². The molecule has 1 heterocycles. The third-order valence-electron chi connectivity index (χ3n) is 4.75. The molecule has 0 unspecified atom stereocenters. The second kappa shape index (κ2) is 8.40. The summed E-state index contributed by atoms with van der Waals surface area (Å²) in [5, 5.41) is 0. The number of hydrogen-bond donors (Lipinski definition) is 1. The highest BCUT2D eigenvalue weighted by atomic mass is 32.2. The molecule has 0 spiro atoms. The average Bonchev–Trinajstić information content (AvgIpc) is 2.67. The molecule has 2 aromatic rings. The fourth-order valence-corrected chi connectivity index (χ4v) is 4.72. The van der Waals surface area contributed by atoms with Crippen molar-refractivity contribution in [2.75, 3.05) is 20.3 Å². The highest BCUT2D eigenvalue weighted by Crippen LogP contribution is 2.36. The topological polar surface area (TPSA) is 73.9 Å². The number of benzene rings is 2. The normalized spacial score (nSPS) is 16.8. The zero-order chi connectivity index (χ0) is 22.0. The molecule has 1 N–H and O–H groups in total. The summed E-state index contributed by atoms with van der Waals surface area (Å²) in [5.41, 5.74) is -0.754. The zero-order valence-electron chi connectivity index (χ0n) is 15.8. The Kier molecular flexibility index (Phi) is 6.25. The molecule has 6 nitrogen and oxygen atoms in total. The summed E-state index contributed by atoms with van der Waals surface area (Å²) in [4.78, 5) is -0.253. The summed E-state index contributed by atoms with van der Waals surface area (Å²) < 4.78 is 93.7. The number of sulfonamides is 1. The van der Waals surface area contributed by atoms with Crippen LogP contribution in [0.4, 0.5) is 17.6 Å². The van der Waals surface area contributed by atoms with Crippen molar-refractivity contribution < 1.29 is 40.2 Å². The Morgan fingerprint density at radius 3 is 2.23 bits per heavy atom. The summed E-state index contributed by atoms with van der Waals surface area (Å²) in [5.74, 6) is -1.17. The second-order valence-electron chi connectivity index (χ2n) is 6.67. The van der Waals surface area contributed by atoms with Crippen molar-refractivity contribution in [1.82, 2.24) is 4.72 Å². The van der Waals surface area contributed by atoms with Crippen LogP contribution in [0, 0.1) is 5.82 Å². The SMILES string of the molecule is COc1ccc(C2(NS(=O)(=O)c3ccc(OC(F)(F)F)cc3)CCOCC2)cc1F. The van der Waals surface area contributed by atoms with E-state index in [4.69, 9.17) is 9.47 Å². The van der Waals surface area contributed by atoms with Gasteiger partial charge < -0.3 is 14.2 Å². The third kappa shape index (κ3) is 5.02. The summed E-state index contributed by atoms with van der Waals surface area (Å²) in [6.45, 7) is 0.489. The Morgan fingerprint density at radius 1 is 1.07 bits per heavy atom. The van der Waals surface area contributed by atoms with E-state index < -0.39 is 33.5 Å². The maximum absolute atomic E-state index is 14.3. The minimum Gasteiger partial charge on any atom is -0.494 e. The molecule has 0 amide bonds. The van der Waals surface area contributed by atoms with E-state index in [2.05, 4.69) is 9.46 Å². The van der Waals surface area contributed by atoms with Gasteiger partial charge in [-0.25, -0.2) is 17.5 Å². The molecule has 1 aliphatic heterocycles. The van der Waals surface area contributed by atoms with Crippen molar-refractivity contribution in [3.05, 3.63) is 53.8 Å². The van der Waals surface area contributed by atoms with Crippen LogP contribution in [-0.2, 0) is 20.3 Å². The first-order chi connectivity index (χ1) is 14.0. The Balaban J connectivity index is 1.91. The van der Waals surface area contributed by atoms with Gasteiger partial charge >= 0.3 is 6.36 Å². The van der Waals surface area contributed by atoms with E-state index in [0.29, 0.717) is 5.56 Å². The van der Waals surface area contributed by atoms with E-state index in [1.165, 1.54) is 19.2 Å². The van der Waals surface area contributed by atoms with Crippen LogP contribution in [0.3, 0.4) is 0 Å². The van der Waals surface area contributed by atoms with Crippen molar-refractivity contribution in [3.8, 4) is 11.5 Å². The van der Waals surface area contributed by atoms with Crippen LogP contribution >= 0.6 is 0 Å². The fourth-order valence-electron chi connectivity index (χ4n) is 3.27. The monoisotopic (exact) mass is 449 g/mol. The Morgan fingerprint density at radius 2 is 1.70 bits per heavy atom. The van der Waals surface area contributed by atoms with Crippen LogP contribution in [0.5, 0.6) is 11.5 Å². The van der Waals surface area contributed by atoms with Crippen molar-refractivity contribution in [2.45, 2.75) is 29.6 Å². The number of methoxy groups -OCH3 is 1. The zero-order valence-corrected chi connectivity index (χ0v) is 16.6. The molecule has 11 heteroatoms. The summed E-state index contributed by atoms with van der Waals surface area (Å²) >= 11 is 0. The van der Waals surface area contributed by atoms with E-state index in [0.717, 1.165) is 24.3 Å². The standard InChI is InChI=1S/C19H19F4NO5S/c1-27-17-7-2-13(12-16(17)20)18(8-10-28-11-9-18)24-30(25,26)15-5-3-14(4-6-15)29-19(21,22)23/h2-7,12,24H,8-11H2,1H3. The van der Waals surface area contributed by atoms with Crippen molar-refractivity contribution in [2.24, 2.45) is 0 Å². The molecule has 0 saturated carbocycles. The molecule has 164 valence electrons. The van der Waals surface area contributed by atoms with Gasteiger partial charge in [0.25, 0.3) is 0 Å². The van der Waals surface area contributed by atoms with Gasteiger partial charge in [-0.15, -0.1) is 13.2 Å². The lowest BCUT2D eigenvalue weighted by Crippen LogP contribution is -2.49. The Bertz CT molecular complexity index is 987. The molecule has 0 atom stereocenters. The van der Waals surface area contributed by atoms with Gasteiger partial charge in [0.05, 0.1) is 17.5 Å². The number of halogens is 4. The predicted octanol–water partition coefficient (Wildman–Crippen LogP) is 3.72. The predicted molar refractivity (Wildman–Crippen MR) is 98.1 cm³/mol. The highest BCUT2D eigenvalue weighted by Gasteiger charge is 2.39. The molecule has 2 aromatic carbocycles. The van der Waals surface area contributed by atoms with Crippen LogP contribution in [0.1, 0.15) is 18.4 Å². The first-order valence-corrected chi connectivity index (χ1v) is 10.3. The van der Waals surface area contributed by atoms with Crippen LogP contribution in [0.15, 0.2) is 47.4 Å². The molecule has 0 aliphatic carbocycles. The number of rotatable bonds is 6. The van der Waals surface area contributed by atoms with Gasteiger partial charge in [-0.3, -0.25) is 0 Å². The van der Waals surface area contributed by atoms with Gasteiger partial charge in [0.2, 0.25) is 10.0 Å². The Labute approximate surface area is 170 Å². The van der Waals surface area contributed by atoms with Crippen LogP contribution in [0.2, 0.25) is 0 Å². The maximum atomic E-state index is 14.3. The van der Waals surface area contributed by atoms with Gasteiger partial charge in [0.15, 0.2) is 11.6 Å². The Hall–Kier alpha value is -2.37. The van der Waals surface area contributed by atoms with Gasteiger partial charge in [-0.2, -0.15) is 0 Å². The molecule has 1 aliphatic rings. The smallest absolute Gasteiger partial charge is 0.494 e. The number of hydrogen-bond acceptors (Lipinski definition) is 5. The average molecular weight is 449 g/mol. The minimum absolute atomic E-state index is 0.0177. The molecule has 0 radical (unpaired) electrons. The lowest BCUT2D eigenvalue weighted by atomic mass is 9.84.